The van der Waals surface area contributed by atoms with Gasteiger partial charge in [0.05, 0.1) is 11.9 Å². The number of carbonyl (C=O) groups excluding carboxylic acids is 1. The summed E-state index contributed by atoms with van der Waals surface area (Å²) in [6.45, 7) is 0.861. The summed E-state index contributed by atoms with van der Waals surface area (Å²) in [7, 11) is -3.18. The van der Waals surface area contributed by atoms with E-state index in [2.05, 4.69) is 15.5 Å². The third kappa shape index (κ3) is 4.20. The molecule has 1 N–H and O–H groups in total. The molecule has 0 saturated carbocycles. The van der Waals surface area contributed by atoms with Crippen LogP contribution in [0.3, 0.4) is 0 Å². The number of sulfonamides is 1. The molecule has 1 amide bonds. The monoisotopic (exact) mass is 384 g/mol. The van der Waals surface area contributed by atoms with Crippen LogP contribution in [0, 0.1) is 5.82 Å². The SMILES string of the molecule is CS(=O)(=O)N1CCC(c2nnc(C(=O)Nc3ccccc3F)s2)CC1. The van der Waals surface area contributed by atoms with Gasteiger partial charge >= 0.3 is 0 Å². The van der Waals surface area contributed by atoms with Crippen molar-refractivity contribution in [2.75, 3.05) is 24.7 Å². The van der Waals surface area contributed by atoms with E-state index in [1.807, 2.05) is 0 Å². The van der Waals surface area contributed by atoms with Crippen LogP contribution in [0.4, 0.5) is 10.1 Å². The minimum absolute atomic E-state index is 0.0745. The minimum Gasteiger partial charge on any atom is -0.317 e. The summed E-state index contributed by atoms with van der Waals surface area (Å²) >= 11 is 1.16. The van der Waals surface area contributed by atoms with Gasteiger partial charge in [0, 0.05) is 19.0 Å². The third-order valence-electron chi connectivity index (χ3n) is 4.03. The standard InChI is InChI=1S/C15H17FN4O3S2/c1-25(22,23)20-8-6-10(7-9-20)14-18-19-15(24-14)13(21)17-12-5-3-2-4-11(12)16/h2-5,10H,6-9H2,1H3,(H,17,21). The summed E-state index contributed by atoms with van der Waals surface area (Å²) in [6.07, 6.45) is 2.47. The fraction of sp³-hybridized carbons (Fsp3) is 0.400. The van der Waals surface area contributed by atoms with E-state index in [4.69, 9.17) is 0 Å². The zero-order chi connectivity index (χ0) is 18.0. The molecule has 0 aliphatic carbocycles. The molecule has 2 heterocycles. The molecule has 0 bridgehead atoms. The molecule has 1 saturated heterocycles. The van der Waals surface area contributed by atoms with Crippen molar-refractivity contribution in [2.45, 2.75) is 18.8 Å². The highest BCUT2D eigenvalue weighted by Crippen LogP contribution is 2.31. The second-order valence-electron chi connectivity index (χ2n) is 5.82. The molecule has 1 aromatic heterocycles. The molecule has 134 valence electrons. The largest absolute Gasteiger partial charge is 0.317 e. The van der Waals surface area contributed by atoms with Gasteiger partial charge in [0.1, 0.15) is 10.8 Å². The molecule has 1 aromatic carbocycles. The van der Waals surface area contributed by atoms with Crippen LogP contribution in [0.2, 0.25) is 0 Å². The van der Waals surface area contributed by atoms with E-state index in [1.54, 1.807) is 6.07 Å². The van der Waals surface area contributed by atoms with Gasteiger partial charge in [-0.3, -0.25) is 4.79 Å². The lowest BCUT2D eigenvalue weighted by atomic mass is 9.99. The number of nitrogens with zero attached hydrogens (tertiary/aromatic N) is 3. The molecule has 0 unspecified atom stereocenters. The summed E-state index contributed by atoms with van der Waals surface area (Å²) < 4.78 is 38.1. The molecule has 0 radical (unpaired) electrons. The van der Waals surface area contributed by atoms with E-state index >= 15 is 0 Å². The van der Waals surface area contributed by atoms with Gasteiger partial charge in [0.2, 0.25) is 15.0 Å². The molecule has 2 aromatic rings. The normalized spacial score (nSPS) is 16.7. The number of rotatable bonds is 4. The topological polar surface area (TPSA) is 92.3 Å². The Hall–Kier alpha value is -1.91. The van der Waals surface area contributed by atoms with Crippen LogP contribution in [0.15, 0.2) is 24.3 Å². The van der Waals surface area contributed by atoms with Gasteiger partial charge < -0.3 is 5.32 Å². The highest BCUT2D eigenvalue weighted by atomic mass is 32.2. The van der Waals surface area contributed by atoms with Crippen LogP contribution in [0.25, 0.3) is 0 Å². The summed E-state index contributed by atoms with van der Waals surface area (Å²) in [6, 6.07) is 5.89. The number of amides is 1. The molecule has 25 heavy (non-hydrogen) atoms. The van der Waals surface area contributed by atoms with Crippen LogP contribution in [0.1, 0.15) is 33.6 Å². The molecule has 1 fully saturated rings. The number of halogens is 1. The molecular formula is C15H17FN4O3S2. The van der Waals surface area contributed by atoms with Gasteiger partial charge in [-0.05, 0) is 25.0 Å². The molecule has 1 aliphatic rings. The average Bonchev–Trinajstić information content (AvgIpc) is 3.06. The highest BCUT2D eigenvalue weighted by molar-refractivity contribution is 7.88. The molecular weight excluding hydrogens is 367 g/mol. The van der Waals surface area contributed by atoms with Crippen molar-refractivity contribution in [3.63, 3.8) is 0 Å². The third-order valence-corrected chi connectivity index (χ3v) is 6.42. The van der Waals surface area contributed by atoms with Gasteiger partial charge in [0.25, 0.3) is 5.91 Å². The van der Waals surface area contributed by atoms with E-state index in [1.165, 1.54) is 28.8 Å². The first-order valence-corrected chi connectivity index (χ1v) is 10.4. The van der Waals surface area contributed by atoms with Crippen molar-refractivity contribution >= 4 is 33.0 Å². The van der Waals surface area contributed by atoms with Gasteiger partial charge in [-0.15, -0.1) is 10.2 Å². The predicted molar refractivity (Wildman–Crippen MR) is 92.7 cm³/mol. The number of carbonyl (C=O) groups is 1. The van der Waals surface area contributed by atoms with E-state index in [0.29, 0.717) is 30.9 Å². The summed E-state index contributed by atoms with van der Waals surface area (Å²) in [5, 5.41) is 11.3. The first-order chi connectivity index (χ1) is 11.8. The molecule has 1 aliphatic heterocycles. The number of aromatic nitrogens is 2. The maximum Gasteiger partial charge on any atom is 0.286 e. The second-order valence-corrected chi connectivity index (χ2v) is 8.81. The van der Waals surface area contributed by atoms with Crippen molar-refractivity contribution in [1.82, 2.24) is 14.5 Å². The van der Waals surface area contributed by atoms with E-state index < -0.39 is 21.7 Å². The van der Waals surface area contributed by atoms with Gasteiger partial charge in [-0.1, -0.05) is 23.5 Å². The number of hydrogen-bond donors (Lipinski definition) is 1. The number of piperidine rings is 1. The maximum atomic E-state index is 13.6. The first kappa shape index (κ1) is 17.9. The summed E-state index contributed by atoms with van der Waals surface area (Å²) in [4.78, 5) is 12.2. The van der Waals surface area contributed by atoms with Gasteiger partial charge in [-0.25, -0.2) is 17.1 Å². The summed E-state index contributed by atoms with van der Waals surface area (Å²) in [5.74, 6) is -0.957. The number of nitrogens with one attached hydrogen (secondary N) is 1. The Bertz CT molecular complexity index is 876. The highest BCUT2D eigenvalue weighted by Gasteiger charge is 2.28. The second kappa shape index (κ2) is 7.14. The van der Waals surface area contributed by atoms with Crippen LogP contribution < -0.4 is 5.32 Å². The van der Waals surface area contributed by atoms with Gasteiger partial charge in [0.15, 0.2) is 0 Å². The van der Waals surface area contributed by atoms with Crippen molar-refractivity contribution in [3.8, 4) is 0 Å². The lowest BCUT2D eigenvalue weighted by Gasteiger charge is -2.28. The van der Waals surface area contributed by atoms with Crippen LogP contribution in [0.5, 0.6) is 0 Å². The quantitative estimate of drug-likeness (QED) is 0.871. The van der Waals surface area contributed by atoms with Gasteiger partial charge in [-0.2, -0.15) is 0 Å². The fourth-order valence-corrected chi connectivity index (χ4v) is 4.45. The fourth-order valence-electron chi connectivity index (χ4n) is 2.66. The molecule has 3 rings (SSSR count). The molecule has 0 spiro atoms. The first-order valence-electron chi connectivity index (χ1n) is 7.69. The number of benzene rings is 1. The molecule has 7 nitrogen and oxygen atoms in total. The van der Waals surface area contributed by atoms with Crippen molar-refractivity contribution in [3.05, 3.63) is 40.1 Å². The van der Waals surface area contributed by atoms with Crippen LogP contribution in [-0.4, -0.2) is 48.2 Å². The van der Waals surface area contributed by atoms with E-state index in [0.717, 1.165) is 11.3 Å². The Kier molecular flexibility index (Phi) is 5.11. The number of anilines is 1. The summed E-state index contributed by atoms with van der Waals surface area (Å²) in [5.41, 5.74) is 0.0886. The molecule has 0 atom stereocenters. The Labute approximate surface area is 148 Å². The van der Waals surface area contributed by atoms with Crippen molar-refractivity contribution in [2.24, 2.45) is 0 Å². The zero-order valence-corrected chi connectivity index (χ0v) is 15.1. The smallest absolute Gasteiger partial charge is 0.286 e. The number of para-hydroxylation sites is 1. The average molecular weight is 384 g/mol. The Balaban J connectivity index is 1.65. The van der Waals surface area contributed by atoms with Crippen LogP contribution >= 0.6 is 11.3 Å². The maximum absolute atomic E-state index is 13.6. The van der Waals surface area contributed by atoms with E-state index in [9.17, 15) is 17.6 Å². The lowest BCUT2D eigenvalue weighted by molar-refractivity contribution is 0.102. The van der Waals surface area contributed by atoms with Crippen molar-refractivity contribution in [1.29, 1.82) is 0 Å². The molecule has 10 heteroatoms. The van der Waals surface area contributed by atoms with Crippen LogP contribution in [-0.2, 0) is 10.0 Å². The number of hydrogen-bond acceptors (Lipinski definition) is 6. The lowest BCUT2D eigenvalue weighted by Crippen LogP contribution is -2.37. The van der Waals surface area contributed by atoms with E-state index in [-0.39, 0.29) is 16.6 Å². The minimum atomic E-state index is -3.18. The Morgan fingerprint density at radius 1 is 1.28 bits per heavy atom. The Morgan fingerprint density at radius 3 is 2.60 bits per heavy atom. The van der Waals surface area contributed by atoms with Crippen molar-refractivity contribution < 1.29 is 17.6 Å². The zero-order valence-electron chi connectivity index (χ0n) is 13.5. The Morgan fingerprint density at radius 2 is 1.96 bits per heavy atom. The predicted octanol–water partition coefficient (Wildman–Crippen LogP) is 2.07.